The molecule has 0 bridgehead atoms. The van der Waals surface area contributed by atoms with Crippen molar-refractivity contribution in [1.82, 2.24) is 9.55 Å². The molecule has 2 N–H and O–H groups in total. The molecule has 10 nitrogen and oxygen atoms in total. The molecule has 1 saturated heterocycles. The average molecular weight is 401 g/mol. The van der Waals surface area contributed by atoms with Crippen LogP contribution in [0.15, 0.2) is 11.0 Å². The van der Waals surface area contributed by atoms with Gasteiger partial charge in [0.15, 0.2) is 24.0 Å². The Morgan fingerprint density at radius 1 is 1.43 bits per heavy atom. The fourth-order valence-corrected chi connectivity index (χ4v) is 2.77. The first-order chi connectivity index (χ1) is 13.2. The third-order valence-electron chi connectivity index (χ3n) is 4.13. The van der Waals surface area contributed by atoms with Crippen molar-refractivity contribution < 1.29 is 33.3 Å². The van der Waals surface area contributed by atoms with Gasteiger partial charge in [-0.2, -0.15) is 4.98 Å². The van der Waals surface area contributed by atoms with E-state index in [1.165, 1.54) is 13.8 Å². The summed E-state index contributed by atoms with van der Waals surface area (Å²) in [6.07, 6.45) is -2.14. The summed E-state index contributed by atoms with van der Waals surface area (Å²) in [5.74, 6) is -2.25. The number of hydrogen-bond donors (Lipinski definition) is 2. The molecule has 1 amide bonds. The third kappa shape index (κ3) is 5.26. The van der Waals surface area contributed by atoms with E-state index < -0.39 is 53.9 Å². The number of halogens is 1. The Labute approximate surface area is 160 Å². The van der Waals surface area contributed by atoms with Gasteiger partial charge in [0.05, 0.1) is 18.9 Å². The number of aliphatic hydroxyl groups excluding tert-OH is 1. The van der Waals surface area contributed by atoms with E-state index in [9.17, 15) is 23.9 Å². The van der Waals surface area contributed by atoms with Gasteiger partial charge in [-0.15, -0.1) is 0 Å². The van der Waals surface area contributed by atoms with Crippen LogP contribution in [-0.2, 0) is 19.0 Å². The van der Waals surface area contributed by atoms with E-state index in [1.807, 2.05) is 6.92 Å². The van der Waals surface area contributed by atoms with Crippen LogP contribution in [-0.4, -0.2) is 51.6 Å². The third-order valence-corrected chi connectivity index (χ3v) is 4.13. The van der Waals surface area contributed by atoms with E-state index in [4.69, 9.17) is 14.2 Å². The first kappa shape index (κ1) is 21.8. The average Bonchev–Trinajstić information content (AvgIpc) is 2.89. The fraction of sp³-hybridized carbons (Fsp3) is 0.647. The van der Waals surface area contributed by atoms with Crippen molar-refractivity contribution in [2.45, 2.75) is 64.6 Å². The second-order valence-corrected chi connectivity index (χ2v) is 6.39. The van der Waals surface area contributed by atoms with Crippen LogP contribution in [0.2, 0.25) is 0 Å². The lowest BCUT2D eigenvalue weighted by molar-refractivity contribution is -0.152. The summed E-state index contributed by atoms with van der Waals surface area (Å²) in [7, 11) is 0. The lowest BCUT2D eigenvalue weighted by Gasteiger charge is -2.19. The van der Waals surface area contributed by atoms with Gasteiger partial charge in [-0.05, 0) is 13.3 Å². The van der Waals surface area contributed by atoms with E-state index in [1.54, 1.807) is 0 Å². The minimum atomic E-state index is -1.40. The molecule has 0 radical (unpaired) electrons. The number of unbranched alkanes of at least 4 members (excludes halogenated alkanes) is 2. The second-order valence-electron chi connectivity index (χ2n) is 6.39. The van der Waals surface area contributed by atoms with Crippen LogP contribution in [0.5, 0.6) is 0 Å². The van der Waals surface area contributed by atoms with Crippen molar-refractivity contribution in [2.75, 3.05) is 11.9 Å². The Balaban J connectivity index is 2.10. The zero-order valence-electron chi connectivity index (χ0n) is 15.9. The number of ether oxygens (including phenoxy) is 3. The lowest BCUT2D eigenvalue weighted by atomic mass is 10.1. The Hall–Kier alpha value is -2.53. The maximum absolute atomic E-state index is 14.3. The van der Waals surface area contributed by atoms with E-state index in [0.717, 1.165) is 23.6 Å². The summed E-state index contributed by atoms with van der Waals surface area (Å²) in [5.41, 5.74) is -0.970. The highest BCUT2D eigenvalue weighted by Crippen LogP contribution is 2.30. The number of hydrogen-bond acceptors (Lipinski definition) is 8. The van der Waals surface area contributed by atoms with E-state index in [0.29, 0.717) is 6.42 Å². The quantitative estimate of drug-likeness (QED) is 0.517. The number of carbonyl (C=O) groups excluding carboxylic acids is 2. The predicted molar refractivity (Wildman–Crippen MR) is 94.1 cm³/mol. The number of carbonyl (C=O) groups is 2. The van der Waals surface area contributed by atoms with Crippen LogP contribution in [0.25, 0.3) is 0 Å². The van der Waals surface area contributed by atoms with Gasteiger partial charge in [0.2, 0.25) is 0 Å². The highest BCUT2D eigenvalue weighted by Gasteiger charge is 2.45. The number of nitrogens with zero attached hydrogens (tertiary/aromatic N) is 2. The van der Waals surface area contributed by atoms with Crippen molar-refractivity contribution in [1.29, 1.82) is 0 Å². The maximum atomic E-state index is 14.3. The van der Waals surface area contributed by atoms with E-state index >= 15 is 0 Å². The number of rotatable bonds is 7. The summed E-state index contributed by atoms with van der Waals surface area (Å²) in [4.78, 5) is 38.5. The van der Waals surface area contributed by atoms with Crippen molar-refractivity contribution in [2.24, 2.45) is 0 Å². The molecule has 1 aromatic heterocycles. The molecule has 11 heteroatoms. The molecule has 4 atom stereocenters. The molecule has 1 fully saturated rings. The molecule has 1 aromatic rings. The molecule has 0 saturated carbocycles. The van der Waals surface area contributed by atoms with Crippen LogP contribution >= 0.6 is 0 Å². The number of esters is 1. The summed E-state index contributed by atoms with van der Waals surface area (Å²) in [5, 5.41) is 12.4. The largest absolute Gasteiger partial charge is 0.457 e. The topological polar surface area (TPSA) is 129 Å². The molecule has 0 spiro atoms. The van der Waals surface area contributed by atoms with Gasteiger partial charge in [0.25, 0.3) is 0 Å². The molecule has 1 aliphatic rings. The Bertz CT molecular complexity index is 770. The van der Waals surface area contributed by atoms with Gasteiger partial charge in [0, 0.05) is 6.92 Å². The van der Waals surface area contributed by atoms with E-state index in [2.05, 4.69) is 10.3 Å². The molecule has 2 heterocycles. The zero-order chi connectivity index (χ0) is 20.8. The molecule has 2 rings (SSSR count). The van der Waals surface area contributed by atoms with Crippen LogP contribution in [0.1, 0.15) is 46.3 Å². The van der Waals surface area contributed by atoms with Gasteiger partial charge < -0.3 is 19.3 Å². The standard InChI is InChI=1S/C17H24FN3O7/c1-4-5-6-7-26-17(25)20-14-11(18)8-21(16(24)19-14)15-12(23)13(9(2)27-15)28-10(3)22/h8-9,12-13,15,23H,4-7H2,1-3H3,(H,19,20,24,25)/t9?,12-,13-,15?/m1/s1. The zero-order valence-corrected chi connectivity index (χ0v) is 15.9. The van der Waals surface area contributed by atoms with Gasteiger partial charge >= 0.3 is 17.8 Å². The van der Waals surface area contributed by atoms with Crippen molar-refractivity contribution >= 4 is 17.9 Å². The Kier molecular flexibility index (Phi) is 7.46. The van der Waals surface area contributed by atoms with Crippen molar-refractivity contribution in [3.8, 4) is 0 Å². The molecular weight excluding hydrogens is 377 g/mol. The van der Waals surface area contributed by atoms with Gasteiger partial charge in [0.1, 0.15) is 6.10 Å². The normalized spacial score (nSPS) is 24.0. The molecule has 0 aromatic carbocycles. The van der Waals surface area contributed by atoms with Crippen LogP contribution in [0, 0.1) is 5.82 Å². The smallest absolute Gasteiger partial charge is 0.412 e. The Morgan fingerprint density at radius 2 is 2.14 bits per heavy atom. The SMILES string of the molecule is CCCCCOC(=O)Nc1nc(=O)n(C2OC(C)[C@@H](OC(C)=O)[C@H]2O)cc1F. The van der Waals surface area contributed by atoms with Gasteiger partial charge in [-0.3, -0.25) is 14.7 Å². The minimum Gasteiger partial charge on any atom is -0.457 e. The number of aliphatic hydroxyl groups is 1. The maximum Gasteiger partial charge on any atom is 0.412 e. The van der Waals surface area contributed by atoms with E-state index in [-0.39, 0.29) is 6.61 Å². The van der Waals surface area contributed by atoms with Crippen molar-refractivity contribution in [3.05, 3.63) is 22.5 Å². The van der Waals surface area contributed by atoms with Gasteiger partial charge in [-0.1, -0.05) is 19.8 Å². The number of nitrogens with one attached hydrogen (secondary N) is 1. The monoisotopic (exact) mass is 401 g/mol. The molecule has 28 heavy (non-hydrogen) atoms. The van der Waals surface area contributed by atoms with Crippen molar-refractivity contribution in [3.63, 3.8) is 0 Å². The van der Waals surface area contributed by atoms with Crippen LogP contribution in [0.4, 0.5) is 15.0 Å². The first-order valence-electron chi connectivity index (χ1n) is 8.97. The first-order valence-corrected chi connectivity index (χ1v) is 8.97. The fourth-order valence-electron chi connectivity index (χ4n) is 2.77. The number of aromatic nitrogens is 2. The molecule has 156 valence electrons. The number of anilines is 1. The summed E-state index contributed by atoms with van der Waals surface area (Å²) in [6.45, 7) is 4.86. The summed E-state index contributed by atoms with van der Waals surface area (Å²) < 4.78 is 30.3. The predicted octanol–water partition coefficient (Wildman–Crippen LogP) is 1.33. The minimum absolute atomic E-state index is 0.163. The Morgan fingerprint density at radius 3 is 2.79 bits per heavy atom. The highest BCUT2D eigenvalue weighted by molar-refractivity contribution is 5.83. The lowest BCUT2D eigenvalue weighted by Crippen LogP contribution is -2.38. The summed E-state index contributed by atoms with van der Waals surface area (Å²) in [6, 6.07) is 0. The second kappa shape index (κ2) is 9.60. The summed E-state index contributed by atoms with van der Waals surface area (Å²) >= 11 is 0. The molecule has 0 aliphatic carbocycles. The number of amides is 1. The molecule has 2 unspecified atom stereocenters. The van der Waals surface area contributed by atoms with Crippen LogP contribution in [0.3, 0.4) is 0 Å². The van der Waals surface area contributed by atoms with Crippen LogP contribution < -0.4 is 11.0 Å². The highest BCUT2D eigenvalue weighted by atomic mass is 19.1. The molecular formula is C17H24FN3O7. The molecule has 1 aliphatic heterocycles. The van der Waals surface area contributed by atoms with Gasteiger partial charge in [-0.25, -0.2) is 14.0 Å².